The molecule has 22 heavy (non-hydrogen) atoms. The summed E-state index contributed by atoms with van der Waals surface area (Å²) in [6.45, 7) is 1.18. The summed E-state index contributed by atoms with van der Waals surface area (Å²) in [5.74, 6) is 1.81. The van der Waals surface area contributed by atoms with Gasteiger partial charge in [-0.2, -0.15) is 0 Å². The number of methoxy groups -OCH3 is 1. The lowest BCUT2D eigenvalue weighted by Gasteiger charge is -2.26. The highest BCUT2D eigenvalue weighted by atomic mass is 16.5. The molecule has 1 amide bonds. The SMILES string of the molecule is COc1cccc2c1OC[C@H](CNC(=O)c1cccn1C)C2. The zero-order valence-corrected chi connectivity index (χ0v) is 12.8. The molecule has 5 heteroatoms. The van der Waals surface area contributed by atoms with Gasteiger partial charge in [0.1, 0.15) is 5.69 Å². The molecule has 0 saturated carbocycles. The van der Waals surface area contributed by atoms with Crippen LogP contribution in [-0.2, 0) is 13.5 Å². The Labute approximate surface area is 129 Å². The second-order valence-electron chi connectivity index (χ2n) is 5.54. The van der Waals surface area contributed by atoms with Crippen LogP contribution in [-0.4, -0.2) is 30.7 Å². The van der Waals surface area contributed by atoms with Crippen LogP contribution in [0.5, 0.6) is 11.5 Å². The fourth-order valence-electron chi connectivity index (χ4n) is 2.77. The van der Waals surface area contributed by atoms with Gasteiger partial charge >= 0.3 is 0 Å². The van der Waals surface area contributed by atoms with Crippen molar-refractivity contribution in [2.45, 2.75) is 6.42 Å². The smallest absolute Gasteiger partial charge is 0.267 e. The van der Waals surface area contributed by atoms with Gasteiger partial charge in [0.05, 0.1) is 13.7 Å². The summed E-state index contributed by atoms with van der Waals surface area (Å²) in [7, 11) is 3.51. The maximum atomic E-state index is 12.1. The van der Waals surface area contributed by atoms with E-state index in [-0.39, 0.29) is 11.8 Å². The number of hydrogen-bond donors (Lipinski definition) is 1. The lowest BCUT2D eigenvalue weighted by atomic mass is 9.96. The van der Waals surface area contributed by atoms with Crippen molar-refractivity contribution in [3.05, 3.63) is 47.8 Å². The van der Waals surface area contributed by atoms with Crippen LogP contribution in [0.4, 0.5) is 0 Å². The largest absolute Gasteiger partial charge is 0.493 e. The van der Waals surface area contributed by atoms with Gasteiger partial charge in [0.15, 0.2) is 11.5 Å². The number of carbonyl (C=O) groups is 1. The summed E-state index contributed by atoms with van der Waals surface area (Å²) in [4.78, 5) is 12.1. The Morgan fingerprint density at radius 1 is 1.41 bits per heavy atom. The van der Waals surface area contributed by atoms with E-state index in [4.69, 9.17) is 9.47 Å². The first-order valence-corrected chi connectivity index (χ1v) is 7.37. The fraction of sp³-hybridized carbons (Fsp3) is 0.353. The van der Waals surface area contributed by atoms with E-state index in [0.29, 0.717) is 18.8 Å². The maximum Gasteiger partial charge on any atom is 0.267 e. The molecular weight excluding hydrogens is 280 g/mol. The number of aryl methyl sites for hydroxylation is 1. The molecule has 2 aromatic rings. The third-order valence-electron chi connectivity index (χ3n) is 3.98. The van der Waals surface area contributed by atoms with E-state index < -0.39 is 0 Å². The number of rotatable bonds is 4. The number of hydrogen-bond acceptors (Lipinski definition) is 3. The van der Waals surface area contributed by atoms with Crippen LogP contribution in [0.15, 0.2) is 36.5 Å². The summed E-state index contributed by atoms with van der Waals surface area (Å²) in [6, 6.07) is 9.58. The highest BCUT2D eigenvalue weighted by Crippen LogP contribution is 2.35. The molecule has 1 aliphatic rings. The minimum absolute atomic E-state index is 0.0519. The summed E-state index contributed by atoms with van der Waals surface area (Å²) in [5.41, 5.74) is 1.79. The van der Waals surface area contributed by atoms with Gasteiger partial charge in [0.2, 0.25) is 0 Å². The molecule has 3 rings (SSSR count). The second-order valence-corrected chi connectivity index (χ2v) is 5.54. The van der Waals surface area contributed by atoms with Crippen molar-refractivity contribution in [1.82, 2.24) is 9.88 Å². The van der Waals surface area contributed by atoms with Gasteiger partial charge in [-0.25, -0.2) is 0 Å². The quantitative estimate of drug-likeness (QED) is 0.940. The number of benzene rings is 1. The first-order chi connectivity index (χ1) is 10.7. The Hall–Kier alpha value is -2.43. The fourth-order valence-corrected chi connectivity index (χ4v) is 2.77. The van der Waals surface area contributed by atoms with Crippen LogP contribution in [0.1, 0.15) is 16.1 Å². The monoisotopic (exact) mass is 300 g/mol. The lowest BCUT2D eigenvalue weighted by molar-refractivity contribution is 0.0930. The van der Waals surface area contributed by atoms with E-state index in [1.165, 1.54) is 0 Å². The molecule has 0 spiro atoms. The zero-order chi connectivity index (χ0) is 15.5. The summed E-state index contributed by atoms with van der Waals surface area (Å²) in [6.07, 6.45) is 2.74. The van der Waals surface area contributed by atoms with E-state index in [1.807, 2.05) is 48.1 Å². The van der Waals surface area contributed by atoms with E-state index in [2.05, 4.69) is 5.32 Å². The van der Waals surface area contributed by atoms with Crippen molar-refractivity contribution in [1.29, 1.82) is 0 Å². The van der Waals surface area contributed by atoms with E-state index in [1.54, 1.807) is 7.11 Å². The van der Waals surface area contributed by atoms with Crippen LogP contribution in [0.3, 0.4) is 0 Å². The molecule has 5 nitrogen and oxygen atoms in total. The van der Waals surface area contributed by atoms with Gasteiger partial charge in [0.25, 0.3) is 5.91 Å². The van der Waals surface area contributed by atoms with Gasteiger partial charge in [-0.15, -0.1) is 0 Å². The van der Waals surface area contributed by atoms with Crippen LogP contribution in [0.25, 0.3) is 0 Å². The van der Waals surface area contributed by atoms with Gasteiger partial charge in [0, 0.05) is 25.7 Å². The molecule has 1 aromatic carbocycles. The van der Waals surface area contributed by atoms with E-state index in [0.717, 1.165) is 23.5 Å². The van der Waals surface area contributed by atoms with Crippen molar-refractivity contribution in [3.8, 4) is 11.5 Å². The summed E-state index contributed by atoms with van der Waals surface area (Å²) < 4.78 is 12.9. The highest BCUT2D eigenvalue weighted by molar-refractivity contribution is 5.92. The number of nitrogens with zero attached hydrogens (tertiary/aromatic N) is 1. The number of nitrogens with one attached hydrogen (secondary N) is 1. The molecular formula is C17H20N2O3. The van der Waals surface area contributed by atoms with Crippen LogP contribution >= 0.6 is 0 Å². The third kappa shape index (κ3) is 2.79. The second kappa shape index (κ2) is 6.13. The maximum absolute atomic E-state index is 12.1. The van der Waals surface area contributed by atoms with Gasteiger partial charge in [-0.05, 0) is 30.2 Å². The Balaban J connectivity index is 1.61. The number of aromatic nitrogens is 1. The summed E-state index contributed by atoms with van der Waals surface area (Å²) >= 11 is 0. The van der Waals surface area contributed by atoms with Crippen LogP contribution in [0, 0.1) is 5.92 Å². The first kappa shape index (κ1) is 14.5. The molecule has 1 atom stereocenters. The van der Waals surface area contributed by atoms with Crippen molar-refractivity contribution < 1.29 is 14.3 Å². The molecule has 0 radical (unpaired) electrons. The number of fused-ring (bicyclic) bond motifs is 1. The molecule has 0 aliphatic carbocycles. The van der Waals surface area contributed by atoms with Crippen molar-refractivity contribution >= 4 is 5.91 Å². The van der Waals surface area contributed by atoms with Gasteiger partial charge in [-0.1, -0.05) is 12.1 Å². The highest BCUT2D eigenvalue weighted by Gasteiger charge is 2.23. The molecule has 0 saturated heterocycles. The van der Waals surface area contributed by atoms with Gasteiger partial charge in [-0.3, -0.25) is 4.79 Å². The van der Waals surface area contributed by atoms with E-state index in [9.17, 15) is 4.79 Å². The molecule has 0 unspecified atom stereocenters. The normalized spacial score (nSPS) is 16.5. The third-order valence-corrected chi connectivity index (χ3v) is 3.98. The molecule has 0 bridgehead atoms. The minimum atomic E-state index is -0.0519. The summed E-state index contributed by atoms with van der Waals surface area (Å²) in [5, 5.41) is 2.98. The average Bonchev–Trinajstić information content (AvgIpc) is 2.97. The Morgan fingerprint density at radius 2 is 2.27 bits per heavy atom. The molecule has 116 valence electrons. The minimum Gasteiger partial charge on any atom is -0.493 e. The Kier molecular flexibility index (Phi) is 4.04. The number of para-hydroxylation sites is 1. The zero-order valence-electron chi connectivity index (χ0n) is 12.8. The number of carbonyl (C=O) groups excluding carboxylic acids is 1. The van der Waals surface area contributed by atoms with Crippen molar-refractivity contribution in [2.24, 2.45) is 13.0 Å². The Bertz CT molecular complexity index is 678. The van der Waals surface area contributed by atoms with Crippen LogP contribution in [0.2, 0.25) is 0 Å². The average molecular weight is 300 g/mol. The molecule has 1 N–H and O–H groups in total. The predicted molar refractivity (Wildman–Crippen MR) is 83.4 cm³/mol. The Morgan fingerprint density at radius 3 is 3.00 bits per heavy atom. The van der Waals surface area contributed by atoms with Crippen LogP contribution < -0.4 is 14.8 Å². The molecule has 1 aliphatic heterocycles. The van der Waals surface area contributed by atoms with Gasteiger partial charge < -0.3 is 19.4 Å². The first-order valence-electron chi connectivity index (χ1n) is 7.37. The standard InChI is InChI=1S/C17H20N2O3/c1-19-8-4-6-14(19)17(20)18-10-12-9-13-5-3-7-15(21-2)16(13)22-11-12/h3-8,12H,9-11H2,1-2H3,(H,18,20)/t12-/m0/s1. The van der Waals surface area contributed by atoms with E-state index >= 15 is 0 Å². The van der Waals surface area contributed by atoms with Crippen molar-refractivity contribution in [2.75, 3.05) is 20.3 Å². The molecule has 2 heterocycles. The molecule has 0 fully saturated rings. The predicted octanol–water partition coefficient (Wildman–Crippen LogP) is 2.01. The lowest BCUT2D eigenvalue weighted by Crippen LogP contribution is -2.35. The molecule has 1 aromatic heterocycles. The number of ether oxygens (including phenoxy) is 2. The topological polar surface area (TPSA) is 52.5 Å². The number of amides is 1. The van der Waals surface area contributed by atoms with Crippen molar-refractivity contribution in [3.63, 3.8) is 0 Å².